The molecule has 0 spiro atoms. The van der Waals surface area contributed by atoms with Crippen molar-refractivity contribution >= 4 is 22.9 Å². The third-order valence-electron chi connectivity index (χ3n) is 3.68. The van der Waals surface area contributed by atoms with Crippen molar-refractivity contribution in [1.29, 1.82) is 0 Å². The molecule has 0 atom stereocenters. The zero-order valence-electron chi connectivity index (χ0n) is 15.1. The number of carbonyl (C=O) groups is 1. The van der Waals surface area contributed by atoms with Crippen molar-refractivity contribution in [3.8, 4) is 11.3 Å². The molecule has 4 nitrogen and oxygen atoms in total. The average Bonchev–Trinajstić information content (AvgIpc) is 2.88. The molecule has 0 aliphatic heterocycles. The number of hydrogen-bond donors (Lipinski definition) is 1. The van der Waals surface area contributed by atoms with Crippen LogP contribution in [0.2, 0.25) is 0 Å². The Morgan fingerprint density at radius 2 is 1.92 bits per heavy atom. The third-order valence-corrected chi connectivity index (χ3v) is 4.71. The lowest BCUT2D eigenvalue weighted by Crippen LogP contribution is -2.27. The van der Waals surface area contributed by atoms with Gasteiger partial charge in [0.25, 0.3) is 0 Å². The molecule has 0 saturated heterocycles. The van der Waals surface area contributed by atoms with Crippen LogP contribution in [0.5, 0.6) is 0 Å². The van der Waals surface area contributed by atoms with E-state index >= 15 is 0 Å². The predicted octanol–water partition coefficient (Wildman–Crippen LogP) is 4.68. The fourth-order valence-corrected chi connectivity index (χ4v) is 3.22. The quantitative estimate of drug-likeness (QED) is 0.773. The summed E-state index contributed by atoms with van der Waals surface area (Å²) in [5.41, 5.74) is 2.52. The Balaban J connectivity index is 2.09. The van der Waals surface area contributed by atoms with Crippen molar-refractivity contribution in [3.63, 3.8) is 0 Å². The van der Waals surface area contributed by atoms with Gasteiger partial charge in [-0.25, -0.2) is 4.98 Å². The summed E-state index contributed by atoms with van der Waals surface area (Å²) in [4.78, 5) is 18.0. The Morgan fingerprint density at radius 3 is 2.50 bits per heavy atom. The summed E-state index contributed by atoms with van der Waals surface area (Å²) in [5.74, 6) is 0.0144. The maximum absolute atomic E-state index is 12.0. The van der Waals surface area contributed by atoms with Gasteiger partial charge in [0.15, 0.2) is 0 Å². The van der Waals surface area contributed by atoms with Crippen LogP contribution < -0.4 is 5.32 Å². The van der Waals surface area contributed by atoms with E-state index in [0.29, 0.717) is 0 Å². The molecule has 0 unspecified atom stereocenters. The van der Waals surface area contributed by atoms with Crippen LogP contribution in [0.1, 0.15) is 37.1 Å². The van der Waals surface area contributed by atoms with Crippen molar-refractivity contribution in [2.45, 2.75) is 40.5 Å². The number of nitrogens with zero attached hydrogens (tertiary/aromatic N) is 1. The van der Waals surface area contributed by atoms with Gasteiger partial charge >= 0.3 is 0 Å². The van der Waals surface area contributed by atoms with E-state index in [4.69, 9.17) is 9.72 Å². The second-order valence-electron chi connectivity index (χ2n) is 6.89. The molecule has 1 N–H and O–H groups in total. The molecule has 130 valence electrons. The lowest BCUT2D eigenvalue weighted by atomic mass is 9.95. The monoisotopic (exact) mass is 346 g/mol. The number of anilines is 1. The summed E-state index contributed by atoms with van der Waals surface area (Å²) in [6, 6.07) is 7.89. The highest BCUT2D eigenvalue weighted by Gasteiger charge is 2.21. The lowest BCUT2D eigenvalue weighted by molar-refractivity contribution is -0.123. The van der Waals surface area contributed by atoms with E-state index < -0.39 is 5.41 Å². The predicted molar refractivity (Wildman–Crippen MR) is 101 cm³/mol. The molecule has 5 heteroatoms. The van der Waals surface area contributed by atoms with Crippen LogP contribution in [0.3, 0.4) is 0 Å². The van der Waals surface area contributed by atoms with Gasteiger partial charge in [0.2, 0.25) is 5.91 Å². The van der Waals surface area contributed by atoms with Crippen molar-refractivity contribution in [2.24, 2.45) is 5.41 Å². The zero-order valence-corrected chi connectivity index (χ0v) is 15.9. The second-order valence-corrected chi connectivity index (χ2v) is 8.18. The van der Waals surface area contributed by atoms with Crippen molar-refractivity contribution in [1.82, 2.24) is 4.98 Å². The topological polar surface area (TPSA) is 51.2 Å². The highest BCUT2D eigenvalue weighted by molar-refractivity contribution is 7.12. The molecule has 1 heterocycles. The number of hydrogen-bond acceptors (Lipinski definition) is 4. The SMILES string of the molecule is COCCCc1nc(-c2ccc(NC(=O)C(C)(C)C)cc2)c(C)s1. The van der Waals surface area contributed by atoms with E-state index in [0.717, 1.165) is 41.4 Å². The Hall–Kier alpha value is -1.72. The minimum absolute atomic E-state index is 0.0144. The van der Waals surface area contributed by atoms with Gasteiger partial charge in [-0.1, -0.05) is 32.9 Å². The van der Waals surface area contributed by atoms with E-state index in [1.54, 1.807) is 18.4 Å². The summed E-state index contributed by atoms with van der Waals surface area (Å²) in [6.07, 6.45) is 1.93. The Bertz CT molecular complexity index is 684. The van der Waals surface area contributed by atoms with Crippen molar-refractivity contribution < 1.29 is 9.53 Å². The fraction of sp³-hybridized carbons (Fsp3) is 0.474. The minimum Gasteiger partial charge on any atom is -0.385 e. The Labute approximate surface area is 148 Å². The number of amides is 1. The van der Waals surface area contributed by atoms with Crippen molar-refractivity contribution in [2.75, 3.05) is 19.0 Å². The number of ether oxygens (including phenoxy) is 1. The molecule has 0 aliphatic carbocycles. The van der Waals surface area contributed by atoms with Gasteiger partial charge in [-0.3, -0.25) is 4.79 Å². The van der Waals surface area contributed by atoms with Crippen LogP contribution >= 0.6 is 11.3 Å². The number of thiazole rings is 1. The molecule has 0 fully saturated rings. The van der Waals surface area contributed by atoms with Crippen LogP contribution in [-0.2, 0) is 16.0 Å². The van der Waals surface area contributed by atoms with E-state index in [1.165, 1.54) is 4.88 Å². The van der Waals surface area contributed by atoms with Gasteiger partial charge in [0.1, 0.15) is 0 Å². The van der Waals surface area contributed by atoms with Gasteiger partial charge in [0, 0.05) is 41.7 Å². The molecular weight excluding hydrogens is 320 g/mol. The molecule has 0 saturated carbocycles. The smallest absolute Gasteiger partial charge is 0.229 e. The van der Waals surface area contributed by atoms with Crippen LogP contribution in [0.15, 0.2) is 24.3 Å². The average molecular weight is 346 g/mol. The number of aromatic nitrogens is 1. The molecule has 0 radical (unpaired) electrons. The highest BCUT2D eigenvalue weighted by Crippen LogP contribution is 2.29. The lowest BCUT2D eigenvalue weighted by Gasteiger charge is -2.17. The number of carbonyl (C=O) groups excluding carboxylic acids is 1. The summed E-state index contributed by atoms with van der Waals surface area (Å²) in [5, 5.41) is 4.09. The summed E-state index contributed by atoms with van der Waals surface area (Å²) < 4.78 is 5.10. The van der Waals surface area contributed by atoms with E-state index in [-0.39, 0.29) is 5.91 Å². The summed E-state index contributed by atoms with van der Waals surface area (Å²) >= 11 is 1.74. The molecule has 0 aliphatic rings. The molecular formula is C19H26N2O2S. The minimum atomic E-state index is -0.402. The summed E-state index contributed by atoms with van der Waals surface area (Å²) in [7, 11) is 1.72. The number of aryl methyl sites for hydroxylation is 2. The Morgan fingerprint density at radius 1 is 1.25 bits per heavy atom. The molecule has 24 heavy (non-hydrogen) atoms. The first kappa shape index (κ1) is 18.6. The molecule has 1 aromatic heterocycles. The van der Waals surface area contributed by atoms with Crippen LogP contribution in [0.25, 0.3) is 11.3 Å². The van der Waals surface area contributed by atoms with Gasteiger partial charge < -0.3 is 10.1 Å². The number of benzene rings is 1. The first-order valence-corrected chi connectivity index (χ1v) is 9.00. The fourth-order valence-electron chi connectivity index (χ4n) is 2.22. The van der Waals surface area contributed by atoms with E-state index in [2.05, 4.69) is 12.2 Å². The first-order valence-electron chi connectivity index (χ1n) is 8.18. The zero-order chi connectivity index (χ0) is 17.7. The van der Waals surface area contributed by atoms with Gasteiger partial charge in [0.05, 0.1) is 10.7 Å². The molecule has 2 aromatic rings. The normalized spacial score (nSPS) is 11.5. The van der Waals surface area contributed by atoms with E-state index in [9.17, 15) is 4.79 Å². The van der Waals surface area contributed by atoms with Gasteiger partial charge in [-0.2, -0.15) is 0 Å². The highest BCUT2D eigenvalue weighted by atomic mass is 32.1. The van der Waals surface area contributed by atoms with Gasteiger partial charge in [-0.05, 0) is 25.5 Å². The maximum atomic E-state index is 12.0. The standard InChI is InChI=1S/C19H26N2O2S/c1-13-17(21-16(24-13)7-6-12-23-5)14-8-10-15(11-9-14)20-18(22)19(2,3)4/h8-11H,6-7,12H2,1-5H3,(H,20,22). The van der Waals surface area contributed by atoms with E-state index in [1.807, 2.05) is 45.0 Å². The molecule has 1 aromatic carbocycles. The molecule has 2 rings (SSSR count). The second kappa shape index (κ2) is 7.90. The van der Waals surface area contributed by atoms with Crippen LogP contribution in [0, 0.1) is 12.3 Å². The molecule has 0 bridgehead atoms. The van der Waals surface area contributed by atoms with Crippen LogP contribution in [-0.4, -0.2) is 24.6 Å². The third kappa shape index (κ3) is 4.89. The molecule has 1 amide bonds. The number of nitrogens with one attached hydrogen (secondary N) is 1. The van der Waals surface area contributed by atoms with Crippen LogP contribution in [0.4, 0.5) is 5.69 Å². The maximum Gasteiger partial charge on any atom is 0.229 e. The summed E-state index contributed by atoms with van der Waals surface area (Å²) in [6.45, 7) is 8.57. The largest absolute Gasteiger partial charge is 0.385 e. The first-order chi connectivity index (χ1) is 11.3. The number of methoxy groups -OCH3 is 1. The Kier molecular flexibility index (Phi) is 6.13. The number of rotatable bonds is 6. The van der Waals surface area contributed by atoms with Crippen molar-refractivity contribution in [3.05, 3.63) is 34.2 Å². The van der Waals surface area contributed by atoms with Gasteiger partial charge in [-0.15, -0.1) is 11.3 Å².